The number of fused-ring (bicyclic) bond motifs is 1. The van der Waals surface area contributed by atoms with E-state index in [0.29, 0.717) is 30.1 Å². The first-order chi connectivity index (χ1) is 15.6. The summed E-state index contributed by atoms with van der Waals surface area (Å²) >= 11 is 0. The van der Waals surface area contributed by atoms with Crippen molar-refractivity contribution in [2.75, 3.05) is 20.2 Å². The minimum atomic E-state index is -3.76. The second-order valence-corrected chi connectivity index (χ2v) is 9.14. The molecule has 0 saturated carbocycles. The number of aromatic amines is 1. The summed E-state index contributed by atoms with van der Waals surface area (Å²) in [6.07, 6.45) is 0. The van der Waals surface area contributed by atoms with Crippen LogP contribution in [0.5, 0.6) is 0 Å². The first kappa shape index (κ1) is 24.2. The quantitative estimate of drug-likeness (QED) is 0.476. The molecule has 0 atom stereocenters. The van der Waals surface area contributed by atoms with Crippen LogP contribution in [-0.2, 0) is 21.3 Å². The highest BCUT2D eigenvalue weighted by Crippen LogP contribution is 2.23. The molecule has 10 nitrogen and oxygen atoms in total. The smallest absolute Gasteiger partial charge is 0.341 e. The predicted octanol–water partition coefficient (Wildman–Crippen LogP) is 2.18. The van der Waals surface area contributed by atoms with E-state index in [1.807, 2.05) is 0 Å². The van der Waals surface area contributed by atoms with Gasteiger partial charge in [-0.2, -0.15) is 4.31 Å². The highest BCUT2D eigenvalue weighted by Gasteiger charge is 2.23. The Hall–Kier alpha value is -3.44. The number of ether oxygens (including phenoxy) is 1. The number of benzene rings is 1. The van der Waals surface area contributed by atoms with Gasteiger partial charge in [0.2, 0.25) is 15.6 Å². The van der Waals surface area contributed by atoms with E-state index < -0.39 is 27.5 Å². The number of rotatable bonds is 8. The van der Waals surface area contributed by atoms with Gasteiger partial charge in [0.05, 0.1) is 24.1 Å². The summed E-state index contributed by atoms with van der Waals surface area (Å²) in [5.41, 5.74) is 0.0817. The minimum absolute atomic E-state index is 0.0156. The topological polar surface area (TPSA) is 139 Å². The van der Waals surface area contributed by atoms with Crippen LogP contribution in [0, 0.1) is 6.92 Å². The minimum Gasteiger partial charge on any atom is -0.465 e. The Bertz CT molecular complexity index is 1370. The largest absolute Gasteiger partial charge is 0.465 e. The van der Waals surface area contributed by atoms with Gasteiger partial charge < -0.3 is 19.5 Å². The molecule has 11 heteroatoms. The second kappa shape index (κ2) is 9.59. The van der Waals surface area contributed by atoms with Crippen molar-refractivity contribution >= 4 is 32.8 Å². The Morgan fingerprint density at radius 2 is 1.82 bits per heavy atom. The SMILES string of the molecule is CCN(CC)S(=O)(=O)c1ccc2[nH]c(=O)cc(C(=O)NCc3cc(C(=O)OC)c(C)o3)c2c1. The molecule has 0 aliphatic rings. The van der Waals surface area contributed by atoms with Crippen LogP contribution in [0.15, 0.2) is 44.4 Å². The van der Waals surface area contributed by atoms with Gasteiger partial charge in [-0.3, -0.25) is 9.59 Å². The number of esters is 1. The molecule has 0 unspecified atom stereocenters. The number of carbonyl (C=O) groups excluding carboxylic acids is 2. The number of nitrogens with one attached hydrogen (secondary N) is 2. The van der Waals surface area contributed by atoms with Crippen molar-refractivity contribution < 1.29 is 27.2 Å². The van der Waals surface area contributed by atoms with Crippen molar-refractivity contribution in [1.82, 2.24) is 14.6 Å². The zero-order chi connectivity index (χ0) is 24.3. The molecule has 0 spiro atoms. The van der Waals surface area contributed by atoms with Gasteiger partial charge in [0.15, 0.2) is 0 Å². The van der Waals surface area contributed by atoms with Gasteiger partial charge >= 0.3 is 5.97 Å². The molecule has 2 heterocycles. The zero-order valence-electron chi connectivity index (χ0n) is 18.7. The van der Waals surface area contributed by atoms with E-state index in [9.17, 15) is 22.8 Å². The molecule has 0 aliphatic heterocycles. The first-order valence-corrected chi connectivity index (χ1v) is 11.7. The molecule has 176 valence electrons. The number of hydrogen-bond acceptors (Lipinski definition) is 7. The van der Waals surface area contributed by atoms with Crippen molar-refractivity contribution in [3.63, 3.8) is 0 Å². The first-order valence-electron chi connectivity index (χ1n) is 10.2. The molecule has 0 fully saturated rings. The van der Waals surface area contributed by atoms with E-state index in [2.05, 4.69) is 15.0 Å². The number of methoxy groups -OCH3 is 1. The predicted molar refractivity (Wildman–Crippen MR) is 121 cm³/mol. The fourth-order valence-corrected chi connectivity index (χ4v) is 4.98. The summed E-state index contributed by atoms with van der Waals surface area (Å²) in [5, 5.41) is 2.92. The molecule has 1 amide bonds. The third-order valence-electron chi connectivity index (χ3n) is 5.20. The Kier molecular flexibility index (Phi) is 7.04. The van der Waals surface area contributed by atoms with Crippen LogP contribution in [0.3, 0.4) is 0 Å². The molecule has 0 bridgehead atoms. The van der Waals surface area contributed by atoms with Gasteiger partial charge in [0.25, 0.3) is 5.91 Å². The van der Waals surface area contributed by atoms with Crippen molar-refractivity contribution in [3.8, 4) is 0 Å². The zero-order valence-corrected chi connectivity index (χ0v) is 19.5. The molecule has 2 N–H and O–H groups in total. The van der Waals surface area contributed by atoms with E-state index >= 15 is 0 Å². The third kappa shape index (κ3) is 4.83. The molecular weight excluding hydrogens is 450 g/mol. The van der Waals surface area contributed by atoms with Crippen LogP contribution >= 0.6 is 0 Å². The summed E-state index contributed by atoms with van der Waals surface area (Å²) in [6, 6.07) is 6.81. The number of nitrogens with zero attached hydrogens (tertiary/aromatic N) is 1. The lowest BCUT2D eigenvalue weighted by atomic mass is 10.1. The van der Waals surface area contributed by atoms with Gasteiger partial charge in [0, 0.05) is 30.1 Å². The Labute approximate surface area is 190 Å². The number of amides is 1. The lowest BCUT2D eigenvalue weighted by Crippen LogP contribution is -2.30. The number of furan rings is 1. The van der Waals surface area contributed by atoms with Crippen LogP contribution in [0.2, 0.25) is 0 Å². The normalized spacial score (nSPS) is 11.7. The van der Waals surface area contributed by atoms with Gasteiger partial charge in [-0.1, -0.05) is 13.8 Å². The van der Waals surface area contributed by atoms with Gasteiger partial charge in [0.1, 0.15) is 17.1 Å². The summed E-state index contributed by atoms with van der Waals surface area (Å²) in [4.78, 5) is 39.4. The lowest BCUT2D eigenvalue weighted by Gasteiger charge is -2.19. The average Bonchev–Trinajstić information content (AvgIpc) is 3.17. The summed E-state index contributed by atoms with van der Waals surface area (Å²) < 4.78 is 37.3. The van der Waals surface area contributed by atoms with E-state index in [-0.39, 0.29) is 28.0 Å². The van der Waals surface area contributed by atoms with Crippen molar-refractivity contribution in [1.29, 1.82) is 0 Å². The van der Waals surface area contributed by atoms with Crippen LogP contribution in [0.1, 0.15) is 46.1 Å². The molecule has 1 aromatic carbocycles. The molecule has 0 radical (unpaired) electrons. The summed E-state index contributed by atoms with van der Waals surface area (Å²) in [7, 11) is -2.51. The maximum atomic E-state index is 12.9. The Morgan fingerprint density at radius 3 is 2.45 bits per heavy atom. The fourth-order valence-electron chi connectivity index (χ4n) is 3.50. The third-order valence-corrected chi connectivity index (χ3v) is 7.25. The number of hydrogen-bond donors (Lipinski definition) is 2. The lowest BCUT2D eigenvalue weighted by molar-refractivity contribution is 0.0598. The number of sulfonamides is 1. The number of H-pyrrole nitrogens is 1. The van der Waals surface area contributed by atoms with Crippen molar-refractivity contribution in [3.05, 3.63) is 63.3 Å². The average molecular weight is 476 g/mol. The van der Waals surface area contributed by atoms with Crippen LogP contribution in [0.25, 0.3) is 10.9 Å². The van der Waals surface area contributed by atoms with Gasteiger partial charge in [-0.15, -0.1) is 0 Å². The number of pyridine rings is 1. The molecule has 0 saturated heterocycles. The maximum absolute atomic E-state index is 12.9. The van der Waals surface area contributed by atoms with E-state index in [1.165, 1.54) is 35.7 Å². The Morgan fingerprint density at radius 1 is 1.12 bits per heavy atom. The number of aromatic nitrogens is 1. The molecule has 2 aromatic heterocycles. The molecule has 3 aromatic rings. The van der Waals surface area contributed by atoms with Crippen LogP contribution in [0.4, 0.5) is 0 Å². The fraction of sp³-hybridized carbons (Fsp3) is 0.318. The molecule has 33 heavy (non-hydrogen) atoms. The van der Waals surface area contributed by atoms with E-state index in [0.717, 1.165) is 6.07 Å². The summed E-state index contributed by atoms with van der Waals surface area (Å²) in [5.74, 6) is -0.493. The Balaban J connectivity index is 1.96. The second-order valence-electron chi connectivity index (χ2n) is 7.20. The van der Waals surface area contributed by atoms with Crippen molar-refractivity contribution in [2.24, 2.45) is 0 Å². The number of aryl methyl sites for hydroxylation is 1. The van der Waals surface area contributed by atoms with Gasteiger partial charge in [-0.25, -0.2) is 13.2 Å². The van der Waals surface area contributed by atoms with E-state index in [1.54, 1.807) is 20.8 Å². The van der Waals surface area contributed by atoms with Crippen LogP contribution < -0.4 is 10.9 Å². The highest BCUT2D eigenvalue weighted by molar-refractivity contribution is 7.89. The molecule has 3 rings (SSSR count). The monoisotopic (exact) mass is 475 g/mol. The van der Waals surface area contributed by atoms with Crippen LogP contribution in [-0.4, -0.2) is 49.8 Å². The van der Waals surface area contributed by atoms with Crippen molar-refractivity contribution in [2.45, 2.75) is 32.2 Å². The maximum Gasteiger partial charge on any atom is 0.341 e. The standard InChI is InChI=1S/C22H25N3O7S/c1-5-25(6-2)33(29,30)15-7-8-19-17(10-15)18(11-20(26)24-19)21(27)23-12-14-9-16(13(3)32-14)22(28)31-4/h7-11H,5-6,12H2,1-4H3,(H,23,27)(H,24,26). The molecule has 0 aliphatic carbocycles. The summed E-state index contributed by atoms with van der Waals surface area (Å²) in [6.45, 7) is 5.61. The number of carbonyl (C=O) groups is 2. The van der Waals surface area contributed by atoms with E-state index in [4.69, 9.17) is 4.42 Å². The molecular formula is C22H25N3O7S. The highest BCUT2D eigenvalue weighted by atomic mass is 32.2. The van der Waals surface area contributed by atoms with Gasteiger partial charge in [-0.05, 0) is 31.2 Å².